The number of halogens is 3. The summed E-state index contributed by atoms with van der Waals surface area (Å²) in [5.41, 5.74) is -3.09. The van der Waals surface area contributed by atoms with Crippen molar-refractivity contribution in [3.05, 3.63) is 46.3 Å². The molecule has 1 aromatic carbocycles. The molecule has 0 aliphatic heterocycles. The quantitative estimate of drug-likeness (QED) is 0.510. The molecule has 0 spiro atoms. The van der Waals surface area contributed by atoms with Crippen molar-refractivity contribution in [1.29, 1.82) is 0 Å². The molecule has 11 heteroatoms. The largest absolute Gasteiger partial charge is 0.461 e. The van der Waals surface area contributed by atoms with E-state index in [2.05, 4.69) is 9.68 Å². The maximum Gasteiger partial charge on any atom is 0.417 e. The van der Waals surface area contributed by atoms with E-state index in [1.807, 2.05) is 0 Å². The number of ketones is 1. The van der Waals surface area contributed by atoms with Crippen LogP contribution in [0.25, 0.3) is 0 Å². The summed E-state index contributed by atoms with van der Waals surface area (Å²) in [6, 6.07) is 1.43. The standard InChI is InChI=1S/C18H16F3NO6S/c1-3-27-17(24)15-12(8-28-22-15)16(23)11-6-10(9-4-5-9)14(29(2,25)26)7-13(11)18(19,20)21/h6-9H,3-5H2,1-2H3. The van der Waals surface area contributed by atoms with Gasteiger partial charge in [-0.1, -0.05) is 5.16 Å². The van der Waals surface area contributed by atoms with Gasteiger partial charge in [-0.2, -0.15) is 13.2 Å². The van der Waals surface area contributed by atoms with Crippen LogP contribution >= 0.6 is 0 Å². The Labute approximate surface area is 163 Å². The van der Waals surface area contributed by atoms with Crippen molar-refractivity contribution in [2.24, 2.45) is 0 Å². The highest BCUT2D eigenvalue weighted by atomic mass is 32.2. The number of ether oxygens (including phenoxy) is 1. The highest BCUT2D eigenvalue weighted by Gasteiger charge is 2.40. The predicted octanol–water partition coefficient (Wildman–Crippen LogP) is 3.38. The van der Waals surface area contributed by atoms with Crippen molar-refractivity contribution >= 4 is 21.6 Å². The van der Waals surface area contributed by atoms with Crippen LogP contribution in [0.5, 0.6) is 0 Å². The van der Waals surface area contributed by atoms with Crippen LogP contribution in [0.4, 0.5) is 13.2 Å². The first-order valence-corrected chi connectivity index (χ1v) is 10.5. The third-order valence-electron chi connectivity index (χ3n) is 4.40. The van der Waals surface area contributed by atoms with Crippen molar-refractivity contribution in [3.63, 3.8) is 0 Å². The molecule has 1 fully saturated rings. The first kappa shape index (κ1) is 21.0. The molecule has 0 saturated heterocycles. The average Bonchev–Trinajstić information content (AvgIpc) is 3.34. The molecular formula is C18H16F3NO6S. The van der Waals surface area contributed by atoms with Crippen LogP contribution in [0.2, 0.25) is 0 Å². The number of rotatable bonds is 6. The average molecular weight is 431 g/mol. The zero-order valence-corrected chi connectivity index (χ0v) is 16.2. The highest BCUT2D eigenvalue weighted by Crippen LogP contribution is 2.46. The van der Waals surface area contributed by atoms with Gasteiger partial charge in [0.15, 0.2) is 15.6 Å². The number of benzene rings is 1. The van der Waals surface area contributed by atoms with Crippen molar-refractivity contribution in [2.45, 2.75) is 36.8 Å². The fraction of sp³-hybridized carbons (Fsp3) is 0.389. The Bertz CT molecular complexity index is 1080. The monoisotopic (exact) mass is 431 g/mol. The minimum Gasteiger partial charge on any atom is -0.461 e. The van der Waals surface area contributed by atoms with E-state index in [0.717, 1.165) is 18.6 Å². The van der Waals surface area contributed by atoms with E-state index >= 15 is 0 Å². The van der Waals surface area contributed by atoms with Crippen LogP contribution in [0, 0.1) is 0 Å². The summed E-state index contributed by atoms with van der Waals surface area (Å²) < 4.78 is 74.4. The zero-order valence-electron chi connectivity index (χ0n) is 15.4. The fourth-order valence-corrected chi connectivity index (χ4v) is 3.93. The minimum absolute atomic E-state index is 0.0397. The van der Waals surface area contributed by atoms with Crippen LogP contribution in [-0.4, -0.2) is 38.2 Å². The molecule has 29 heavy (non-hydrogen) atoms. The van der Waals surface area contributed by atoms with Crippen LogP contribution < -0.4 is 0 Å². The molecule has 0 bridgehead atoms. The SMILES string of the molecule is CCOC(=O)c1nocc1C(=O)c1cc(C2CC2)c(S(C)(=O)=O)cc1C(F)(F)F. The molecule has 1 aliphatic carbocycles. The van der Waals surface area contributed by atoms with E-state index in [9.17, 15) is 31.2 Å². The van der Waals surface area contributed by atoms with Crippen LogP contribution in [0.3, 0.4) is 0 Å². The molecule has 0 radical (unpaired) electrons. The van der Waals surface area contributed by atoms with Gasteiger partial charge >= 0.3 is 12.1 Å². The topological polar surface area (TPSA) is 104 Å². The second kappa shape index (κ2) is 7.29. The third-order valence-corrected chi connectivity index (χ3v) is 5.55. The second-order valence-corrected chi connectivity index (χ2v) is 8.59. The van der Waals surface area contributed by atoms with E-state index in [0.29, 0.717) is 18.9 Å². The Morgan fingerprint density at radius 3 is 2.41 bits per heavy atom. The smallest absolute Gasteiger partial charge is 0.417 e. The number of aromatic nitrogens is 1. The third kappa shape index (κ3) is 4.19. The van der Waals surface area contributed by atoms with E-state index in [1.54, 1.807) is 0 Å². The maximum atomic E-state index is 13.7. The molecule has 0 N–H and O–H groups in total. The number of hydrogen-bond acceptors (Lipinski definition) is 7. The Balaban J connectivity index is 2.21. The highest BCUT2D eigenvalue weighted by molar-refractivity contribution is 7.90. The summed E-state index contributed by atoms with van der Waals surface area (Å²) in [5.74, 6) is -2.43. The maximum absolute atomic E-state index is 13.7. The number of esters is 1. The lowest BCUT2D eigenvalue weighted by Crippen LogP contribution is -2.18. The second-order valence-electron chi connectivity index (χ2n) is 6.61. The zero-order chi connectivity index (χ0) is 21.6. The Morgan fingerprint density at radius 1 is 1.24 bits per heavy atom. The molecule has 1 aliphatic rings. The van der Waals surface area contributed by atoms with Crippen LogP contribution in [0.1, 0.15) is 63.2 Å². The van der Waals surface area contributed by atoms with Crippen molar-refractivity contribution in [1.82, 2.24) is 5.16 Å². The summed E-state index contributed by atoms with van der Waals surface area (Å²) in [5, 5.41) is 3.35. The summed E-state index contributed by atoms with van der Waals surface area (Å²) in [7, 11) is -3.96. The fourth-order valence-electron chi connectivity index (χ4n) is 2.94. The summed E-state index contributed by atoms with van der Waals surface area (Å²) in [4.78, 5) is 24.4. The van der Waals surface area contributed by atoms with Gasteiger partial charge in [0.25, 0.3) is 0 Å². The Kier molecular flexibility index (Phi) is 5.28. The van der Waals surface area contributed by atoms with E-state index in [4.69, 9.17) is 4.74 Å². The lowest BCUT2D eigenvalue weighted by molar-refractivity contribution is -0.138. The van der Waals surface area contributed by atoms with Crippen molar-refractivity contribution in [3.8, 4) is 0 Å². The Hall–Kier alpha value is -2.69. The molecule has 0 atom stereocenters. The molecule has 0 amide bonds. The summed E-state index contributed by atoms with van der Waals surface area (Å²) in [6.07, 6.45) is -2.23. The van der Waals surface area contributed by atoms with Gasteiger partial charge in [-0.3, -0.25) is 4.79 Å². The molecule has 156 valence electrons. The number of carbonyl (C=O) groups excluding carboxylic acids is 2. The van der Waals surface area contributed by atoms with Gasteiger partial charge in [0.05, 0.1) is 22.6 Å². The van der Waals surface area contributed by atoms with Gasteiger partial charge in [0, 0.05) is 11.8 Å². The van der Waals surface area contributed by atoms with E-state index < -0.39 is 55.0 Å². The molecule has 1 saturated carbocycles. The van der Waals surface area contributed by atoms with Crippen molar-refractivity contribution < 1.29 is 40.4 Å². The molecule has 1 aromatic heterocycles. The van der Waals surface area contributed by atoms with Gasteiger partial charge in [0.1, 0.15) is 6.26 Å². The number of carbonyl (C=O) groups is 2. The predicted molar refractivity (Wildman–Crippen MR) is 92.4 cm³/mol. The van der Waals surface area contributed by atoms with E-state index in [-0.39, 0.29) is 18.1 Å². The first-order chi connectivity index (χ1) is 13.4. The lowest BCUT2D eigenvalue weighted by Gasteiger charge is -2.16. The number of nitrogens with zero attached hydrogens (tertiary/aromatic N) is 1. The molecular weight excluding hydrogens is 415 g/mol. The Morgan fingerprint density at radius 2 is 1.90 bits per heavy atom. The lowest BCUT2D eigenvalue weighted by atomic mass is 9.94. The first-order valence-electron chi connectivity index (χ1n) is 8.56. The number of sulfone groups is 1. The van der Waals surface area contributed by atoms with Gasteiger partial charge in [0.2, 0.25) is 5.69 Å². The number of hydrogen-bond donors (Lipinski definition) is 0. The molecule has 0 unspecified atom stereocenters. The van der Waals surface area contributed by atoms with E-state index in [1.165, 1.54) is 6.92 Å². The minimum atomic E-state index is -5.01. The summed E-state index contributed by atoms with van der Waals surface area (Å²) in [6.45, 7) is 1.47. The molecule has 1 heterocycles. The molecule has 2 aromatic rings. The molecule has 7 nitrogen and oxygen atoms in total. The molecule has 3 rings (SSSR count). The van der Waals surface area contributed by atoms with Crippen LogP contribution in [0.15, 0.2) is 27.8 Å². The van der Waals surface area contributed by atoms with Gasteiger partial charge in [-0.25, -0.2) is 13.2 Å². The normalized spacial score (nSPS) is 14.7. The van der Waals surface area contributed by atoms with Crippen molar-refractivity contribution in [2.75, 3.05) is 12.9 Å². The summed E-state index contributed by atoms with van der Waals surface area (Å²) >= 11 is 0. The van der Waals surface area contributed by atoms with Gasteiger partial charge < -0.3 is 9.26 Å². The number of alkyl halides is 3. The van der Waals surface area contributed by atoms with Crippen LogP contribution in [-0.2, 0) is 20.8 Å². The van der Waals surface area contributed by atoms with Gasteiger partial charge in [-0.05, 0) is 43.4 Å². The van der Waals surface area contributed by atoms with Gasteiger partial charge in [-0.15, -0.1) is 0 Å².